The summed E-state index contributed by atoms with van der Waals surface area (Å²) in [6, 6.07) is -0.217. The Morgan fingerprint density at radius 1 is 1.65 bits per heavy atom. The minimum atomic E-state index is -1.01. The van der Waals surface area contributed by atoms with Gasteiger partial charge in [0, 0.05) is 22.4 Å². The van der Waals surface area contributed by atoms with Gasteiger partial charge in [0.1, 0.15) is 6.10 Å². The molecule has 0 aliphatic heterocycles. The number of rotatable bonds is 2. The Morgan fingerprint density at radius 3 is 3.12 bits per heavy atom. The molecule has 0 spiro atoms. The molecule has 1 aromatic heterocycles. The van der Waals surface area contributed by atoms with E-state index in [1.807, 2.05) is 12.2 Å². The van der Waals surface area contributed by atoms with Crippen molar-refractivity contribution in [3.63, 3.8) is 0 Å². The minimum Gasteiger partial charge on any atom is -0.384 e. The third-order valence-electron chi connectivity index (χ3n) is 2.70. The molecule has 0 saturated heterocycles. The highest BCUT2D eigenvalue weighted by Crippen LogP contribution is 2.29. The Bertz CT molecular complexity index is 472. The largest absolute Gasteiger partial charge is 0.384 e. The first-order valence-electron chi connectivity index (χ1n) is 5.37. The van der Waals surface area contributed by atoms with E-state index in [0.717, 1.165) is 22.0 Å². The number of halogens is 1. The second-order valence-electron chi connectivity index (χ2n) is 3.98. The summed E-state index contributed by atoms with van der Waals surface area (Å²) < 4.78 is 0.940. The van der Waals surface area contributed by atoms with Crippen molar-refractivity contribution in [2.24, 2.45) is 0 Å². The first-order chi connectivity index (χ1) is 8.09. The zero-order chi connectivity index (χ0) is 12.4. The van der Waals surface area contributed by atoms with E-state index in [4.69, 9.17) is 0 Å². The van der Waals surface area contributed by atoms with Gasteiger partial charge in [-0.05, 0) is 34.8 Å². The first-order valence-corrected chi connectivity index (χ1v) is 6.16. The Labute approximate surface area is 108 Å². The zero-order valence-electron chi connectivity index (χ0n) is 9.35. The van der Waals surface area contributed by atoms with E-state index in [2.05, 4.69) is 26.2 Å². The van der Waals surface area contributed by atoms with Crippen LogP contribution in [-0.2, 0) is 11.2 Å². The van der Waals surface area contributed by atoms with Crippen LogP contribution in [0.1, 0.15) is 24.1 Å². The summed E-state index contributed by atoms with van der Waals surface area (Å²) in [5.74, 6) is -0.382. The van der Waals surface area contributed by atoms with E-state index in [9.17, 15) is 9.90 Å². The van der Waals surface area contributed by atoms with Crippen LogP contribution in [0.4, 0.5) is 0 Å². The molecule has 1 aromatic rings. The predicted molar refractivity (Wildman–Crippen MR) is 67.3 cm³/mol. The fourth-order valence-corrected chi connectivity index (χ4v) is 2.29. The van der Waals surface area contributed by atoms with Crippen LogP contribution in [0.25, 0.3) is 0 Å². The van der Waals surface area contributed by atoms with Gasteiger partial charge >= 0.3 is 0 Å². The van der Waals surface area contributed by atoms with Crippen molar-refractivity contribution in [2.45, 2.75) is 25.5 Å². The van der Waals surface area contributed by atoms with Crippen molar-refractivity contribution in [3.8, 4) is 0 Å². The summed E-state index contributed by atoms with van der Waals surface area (Å²) in [6.07, 6.45) is 7.21. The first kappa shape index (κ1) is 12.3. The van der Waals surface area contributed by atoms with Crippen LogP contribution in [0.2, 0.25) is 0 Å². The van der Waals surface area contributed by atoms with Gasteiger partial charge in [0.15, 0.2) is 0 Å². The maximum absolute atomic E-state index is 11.5. The molecule has 2 rings (SSSR count). The molecule has 0 saturated carbocycles. The molecule has 90 valence electrons. The molecule has 1 amide bonds. The summed E-state index contributed by atoms with van der Waals surface area (Å²) >= 11 is 3.45. The van der Waals surface area contributed by atoms with Gasteiger partial charge in [-0.2, -0.15) is 0 Å². The van der Waals surface area contributed by atoms with Crippen molar-refractivity contribution in [2.75, 3.05) is 0 Å². The van der Waals surface area contributed by atoms with Crippen molar-refractivity contribution >= 4 is 21.8 Å². The van der Waals surface area contributed by atoms with Crippen LogP contribution >= 0.6 is 15.9 Å². The number of nitrogens with zero attached hydrogens (tertiary/aromatic N) is 1. The number of nitrogens with one attached hydrogen (secondary N) is 1. The van der Waals surface area contributed by atoms with E-state index in [0.29, 0.717) is 0 Å². The van der Waals surface area contributed by atoms with Crippen LogP contribution in [0.5, 0.6) is 0 Å². The summed E-state index contributed by atoms with van der Waals surface area (Å²) in [6.45, 7) is 1.45. The van der Waals surface area contributed by atoms with Crippen LogP contribution < -0.4 is 5.32 Å². The van der Waals surface area contributed by atoms with E-state index in [1.54, 1.807) is 12.4 Å². The van der Waals surface area contributed by atoms with Gasteiger partial charge in [-0.3, -0.25) is 9.78 Å². The van der Waals surface area contributed by atoms with Crippen LogP contribution in [0.15, 0.2) is 29.0 Å². The highest BCUT2D eigenvalue weighted by atomic mass is 79.9. The molecule has 4 nitrogen and oxygen atoms in total. The number of aromatic nitrogens is 1. The van der Waals surface area contributed by atoms with E-state index in [1.165, 1.54) is 6.92 Å². The maximum atomic E-state index is 11.5. The second kappa shape index (κ2) is 4.98. The molecule has 1 aliphatic carbocycles. The number of carbonyl (C=O) groups is 1. The lowest BCUT2D eigenvalue weighted by Crippen LogP contribution is -2.35. The number of fused-ring (bicyclic) bond motifs is 1. The molecule has 0 radical (unpaired) electrons. The molecule has 0 aromatic carbocycles. The highest BCUT2D eigenvalue weighted by molar-refractivity contribution is 9.10. The van der Waals surface area contributed by atoms with Gasteiger partial charge in [-0.25, -0.2) is 0 Å². The summed E-state index contributed by atoms with van der Waals surface area (Å²) in [5, 5.41) is 12.0. The van der Waals surface area contributed by atoms with Gasteiger partial charge in [-0.1, -0.05) is 12.2 Å². The van der Waals surface area contributed by atoms with Crippen molar-refractivity contribution in [3.05, 3.63) is 40.1 Å². The third-order valence-corrected chi connectivity index (χ3v) is 3.38. The second-order valence-corrected chi connectivity index (χ2v) is 4.84. The number of pyridine rings is 1. The summed E-state index contributed by atoms with van der Waals surface area (Å²) in [5.41, 5.74) is 2.09. The van der Waals surface area contributed by atoms with Crippen LogP contribution in [0, 0.1) is 0 Å². The lowest BCUT2D eigenvalue weighted by Gasteiger charge is -2.23. The molecule has 0 bridgehead atoms. The van der Waals surface area contributed by atoms with E-state index < -0.39 is 6.10 Å². The normalized spacial score (nSPS) is 19.6. The monoisotopic (exact) mass is 296 g/mol. The van der Waals surface area contributed by atoms with Gasteiger partial charge in [0.25, 0.3) is 0 Å². The smallest absolute Gasteiger partial charge is 0.249 e. The average Bonchev–Trinajstić information content (AvgIpc) is 2.30. The Hall–Kier alpha value is -1.20. The molecule has 1 aliphatic rings. The topological polar surface area (TPSA) is 62.2 Å². The Balaban J connectivity index is 2.27. The summed E-state index contributed by atoms with van der Waals surface area (Å²) in [4.78, 5) is 15.6. The average molecular weight is 297 g/mol. The Kier molecular flexibility index (Phi) is 3.59. The number of carbonyl (C=O) groups excluding carboxylic acids is 1. The fraction of sp³-hybridized carbons (Fsp3) is 0.333. The lowest BCUT2D eigenvalue weighted by molar-refractivity contribution is -0.128. The van der Waals surface area contributed by atoms with Gasteiger partial charge < -0.3 is 10.4 Å². The molecule has 17 heavy (non-hydrogen) atoms. The number of hydrogen-bond donors (Lipinski definition) is 2. The van der Waals surface area contributed by atoms with Crippen molar-refractivity contribution < 1.29 is 9.90 Å². The molecule has 5 heteroatoms. The SMILES string of the molecule is C[C@@H](O)C(=O)NC1C=CCc2c(Br)cncc21. The molecular weight excluding hydrogens is 284 g/mol. The van der Waals surface area contributed by atoms with Gasteiger partial charge in [-0.15, -0.1) is 0 Å². The molecule has 1 heterocycles. The van der Waals surface area contributed by atoms with Crippen LogP contribution in [0.3, 0.4) is 0 Å². The number of amides is 1. The molecular formula is C12H13BrN2O2. The number of hydrogen-bond acceptors (Lipinski definition) is 3. The Morgan fingerprint density at radius 2 is 2.41 bits per heavy atom. The number of aliphatic hydroxyl groups is 1. The van der Waals surface area contributed by atoms with Crippen LogP contribution in [-0.4, -0.2) is 22.1 Å². The standard InChI is InChI=1S/C12H13BrN2O2/c1-7(16)12(17)15-11-4-2-3-8-9(11)5-14-6-10(8)13/h2,4-7,11,16H,3H2,1H3,(H,15,17)/t7-,11?/m1/s1. The van der Waals surface area contributed by atoms with Gasteiger partial charge in [0.2, 0.25) is 5.91 Å². The molecule has 1 unspecified atom stereocenters. The van der Waals surface area contributed by atoms with Crippen molar-refractivity contribution in [1.82, 2.24) is 10.3 Å². The fourth-order valence-electron chi connectivity index (χ4n) is 1.79. The van der Waals surface area contributed by atoms with Gasteiger partial charge in [0.05, 0.1) is 6.04 Å². The minimum absolute atomic E-state index is 0.217. The third kappa shape index (κ3) is 2.56. The van der Waals surface area contributed by atoms with E-state index in [-0.39, 0.29) is 11.9 Å². The number of aliphatic hydroxyl groups excluding tert-OH is 1. The predicted octanol–water partition coefficient (Wildman–Crippen LogP) is 1.49. The molecule has 2 atom stereocenters. The molecule has 2 N–H and O–H groups in total. The number of allylic oxidation sites excluding steroid dienone is 1. The molecule has 0 fully saturated rings. The highest BCUT2D eigenvalue weighted by Gasteiger charge is 2.21. The van der Waals surface area contributed by atoms with Crippen molar-refractivity contribution in [1.29, 1.82) is 0 Å². The summed E-state index contributed by atoms with van der Waals surface area (Å²) in [7, 11) is 0. The maximum Gasteiger partial charge on any atom is 0.249 e. The quantitative estimate of drug-likeness (QED) is 0.813. The van der Waals surface area contributed by atoms with E-state index >= 15 is 0 Å². The lowest BCUT2D eigenvalue weighted by atomic mass is 9.95. The zero-order valence-corrected chi connectivity index (χ0v) is 10.9.